The third-order valence-corrected chi connectivity index (χ3v) is 5.71. The topological polar surface area (TPSA) is 158 Å². The number of hydrogen-bond donors (Lipinski definition) is 4. The van der Waals surface area contributed by atoms with Gasteiger partial charge >= 0.3 is 5.97 Å². The molecule has 0 spiro atoms. The molecule has 0 saturated carbocycles. The minimum atomic E-state index is -2.03. The Morgan fingerprint density at radius 3 is 2.68 bits per heavy atom. The van der Waals surface area contributed by atoms with Crippen molar-refractivity contribution in [3.63, 3.8) is 0 Å². The summed E-state index contributed by atoms with van der Waals surface area (Å²) in [6.45, 7) is 1.64. The smallest absolute Gasteiger partial charge is 0.337 e. The molecular formula is C18H25N5O5. The first kappa shape index (κ1) is 20.0. The molecule has 2 amide bonds. The van der Waals surface area contributed by atoms with Crippen molar-refractivity contribution in [3.8, 4) is 0 Å². The Kier molecular flexibility index (Phi) is 5.24. The number of imidazole rings is 1. The molecule has 0 aliphatic carbocycles. The van der Waals surface area contributed by atoms with E-state index < -0.39 is 34.8 Å². The minimum absolute atomic E-state index is 0.00482. The average molecular weight is 391 g/mol. The summed E-state index contributed by atoms with van der Waals surface area (Å²) in [6.07, 6.45) is 4.54. The number of carbonyl (C=O) groups is 4. The van der Waals surface area contributed by atoms with Crippen LogP contribution in [0.15, 0.2) is 12.5 Å². The van der Waals surface area contributed by atoms with Gasteiger partial charge in [0.05, 0.1) is 17.9 Å². The molecule has 3 heterocycles. The molecule has 28 heavy (non-hydrogen) atoms. The number of Topliss-reactive ketones (excluding diaryl/α,β-unsaturated/α-hetero) is 1. The number of ketones is 1. The zero-order valence-electron chi connectivity index (χ0n) is 15.7. The van der Waals surface area contributed by atoms with E-state index in [-0.39, 0.29) is 38.1 Å². The predicted octanol–water partition coefficient (Wildman–Crippen LogP) is -0.647. The molecule has 1 aromatic heterocycles. The Labute approximate surface area is 161 Å². The van der Waals surface area contributed by atoms with Crippen LogP contribution in [0.3, 0.4) is 0 Å². The van der Waals surface area contributed by atoms with E-state index in [1.807, 2.05) is 0 Å². The molecule has 5 N–H and O–H groups in total. The molecule has 10 nitrogen and oxygen atoms in total. The number of likely N-dealkylation sites (tertiary alicyclic amines) is 1. The monoisotopic (exact) mass is 391 g/mol. The zero-order chi connectivity index (χ0) is 20.5. The summed E-state index contributed by atoms with van der Waals surface area (Å²) in [5.41, 5.74) is 3.34. The lowest BCUT2D eigenvalue weighted by atomic mass is 9.74. The van der Waals surface area contributed by atoms with Crippen molar-refractivity contribution in [1.29, 1.82) is 0 Å². The number of aliphatic carboxylic acids is 1. The molecule has 0 aromatic carbocycles. The first-order chi connectivity index (χ1) is 13.2. The molecule has 2 aliphatic heterocycles. The number of aromatic amines is 1. The molecule has 2 saturated heterocycles. The van der Waals surface area contributed by atoms with E-state index in [0.29, 0.717) is 18.5 Å². The lowest BCUT2D eigenvalue weighted by molar-refractivity contribution is -0.170. The Morgan fingerprint density at radius 1 is 1.36 bits per heavy atom. The maximum atomic E-state index is 13.4. The number of nitrogens with zero attached hydrogens (tertiary/aromatic N) is 2. The largest absolute Gasteiger partial charge is 0.479 e. The van der Waals surface area contributed by atoms with Crippen LogP contribution in [0.4, 0.5) is 0 Å². The summed E-state index contributed by atoms with van der Waals surface area (Å²) >= 11 is 0. The summed E-state index contributed by atoms with van der Waals surface area (Å²) in [4.78, 5) is 58.4. The second kappa shape index (κ2) is 7.34. The standard InChI is InChI=1S/C18H25N5O5/c1-17(6-4-13(24)22-17)15(26)18(16(27)28)5-2-3-7-23(18)14(25)12(19)8-11-9-20-10-21-11/h9-10,12H,2-8,19H2,1H3,(H,20,21)(H,22,24)(H,27,28). The number of H-pyrrole nitrogens is 1. The molecule has 3 atom stereocenters. The number of carboxylic acid groups (broad SMARTS) is 1. The van der Waals surface area contributed by atoms with Crippen LogP contribution in [0.25, 0.3) is 0 Å². The van der Waals surface area contributed by atoms with Crippen LogP contribution in [0.1, 0.15) is 44.7 Å². The summed E-state index contributed by atoms with van der Waals surface area (Å²) < 4.78 is 0. The summed E-state index contributed by atoms with van der Waals surface area (Å²) in [7, 11) is 0. The van der Waals surface area contributed by atoms with Gasteiger partial charge in [-0.25, -0.2) is 9.78 Å². The molecule has 10 heteroatoms. The summed E-state index contributed by atoms with van der Waals surface area (Å²) in [5.74, 6) is -2.96. The number of carbonyl (C=O) groups excluding carboxylic acids is 3. The zero-order valence-corrected chi connectivity index (χ0v) is 15.7. The fraction of sp³-hybridized carbons (Fsp3) is 0.611. The van der Waals surface area contributed by atoms with Crippen LogP contribution in [0.5, 0.6) is 0 Å². The first-order valence-electron chi connectivity index (χ1n) is 9.34. The van der Waals surface area contributed by atoms with Crippen LogP contribution in [-0.4, -0.2) is 67.2 Å². The van der Waals surface area contributed by atoms with E-state index in [1.54, 1.807) is 0 Å². The first-order valence-corrected chi connectivity index (χ1v) is 9.34. The molecule has 1 aromatic rings. The van der Waals surface area contributed by atoms with Crippen LogP contribution in [0.2, 0.25) is 0 Å². The number of aromatic nitrogens is 2. The van der Waals surface area contributed by atoms with Gasteiger partial charge in [-0.2, -0.15) is 0 Å². The van der Waals surface area contributed by atoms with Crippen molar-refractivity contribution in [2.75, 3.05) is 6.54 Å². The highest BCUT2D eigenvalue weighted by Crippen LogP contribution is 2.36. The van der Waals surface area contributed by atoms with Crippen LogP contribution < -0.4 is 11.1 Å². The van der Waals surface area contributed by atoms with Crippen molar-refractivity contribution in [1.82, 2.24) is 20.2 Å². The number of hydrogen-bond acceptors (Lipinski definition) is 6. The number of piperidine rings is 1. The van der Waals surface area contributed by atoms with Crippen LogP contribution in [0, 0.1) is 0 Å². The molecule has 2 fully saturated rings. The van der Waals surface area contributed by atoms with Crippen molar-refractivity contribution in [2.24, 2.45) is 5.73 Å². The van der Waals surface area contributed by atoms with Gasteiger partial charge in [0.1, 0.15) is 0 Å². The van der Waals surface area contributed by atoms with E-state index >= 15 is 0 Å². The van der Waals surface area contributed by atoms with Crippen LogP contribution in [-0.2, 0) is 25.6 Å². The summed E-state index contributed by atoms with van der Waals surface area (Å²) in [6, 6.07) is -1.02. The normalized spacial score (nSPS) is 28.6. The Hall–Kier alpha value is -2.75. The van der Waals surface area contributed by atoms with Crippen molar-refractivity contribution >= 4 is 23.6 Å². The predicted molar refractivity (Wildman–Crippen MR) is 97.0 cm³/mol. The van der Waals surface area contributed by atoms with Gasteiger partial charge in [0.25, 0.3) is 0 Å². The van der Waals surface area contributed by atoms with Gasteiger partial charge in [0, 0.05) is 31.3 Å². The van der Waals surface area contributed by atoms with E-state index in [4.69, 9.17) is 5.73 Å². The fourth-order valence-corrected chi connectivity index (χ4v) is 4.17. The average Bonchev–Trinajstić information content (AvgIpc) is 3.30. The second-order valence-electron chi connectivity index (χ2n) is 7.71. The van der Waals surface area contributed by atoms with Crippen LogP contribution >= 0.6 is 0 Å². The molecule has 152 valence electrons. The highest BCUT2D eigenvalue weighted by Gasteiger charge is 2.60. The molecular weight excluding hydrogens is 366 g/mol. The van der Waals surface area contributed by atoms with Gasteiger partial charge < -0.3 is 26.0 Å². The Bertz CT molecular complexity index is 794. The summed E-state index contributed by atoms with van der Waals surface area (Å²) in [5, 5.41) is 12.7. The quantitative estimate of drug-likeness (QED) is 0.469. The van der Waals surface area contributed by atoms with Crippen molar-refractivity contribution in [3.05, 3.63) is 18.2 Å². The lowest BCUT2D eigenvalue weighted by Crippen LogP contribution is -2.71. The van der Waals surface area contributed by atoms with E-state index in [1.165, 1.54) is 19.4 Å². The maximum Gasteiger partial charge on any atom is 0.337 e. The minimum Gasteiger partial charge on any atom is -0.479 e. The third kappa shape index (κ3) is 3.28. The van der Waals surface area contributed by atoms with E-state index in [9.17, 15) is 24.3 Å². The SMILES string of the molecule is CC1(C(=O)C2(C(=O)O)CCCCN2C(=O)C(N)Cc2cnc[nH]2)CCC(=O)N1. The molecule has 3 rings (SSSR count). The lowest BCUT2D eigenvalue weighted by Gasteiger charge is -2.46. The second-order valence-corrected chi connectivity index (χ2v) is 7.71. The molecule has 0 bridgehead atoms. The Morgan fingerprint density at radius 2 is 2.11 bits per heavy atom. The Balaban J connectivity index is 1.93. The van der Waals surface area contributed by atoms with Crippen molar-refractivity contribution < 1.29 is 24.3 Å². The van der Waals surface area contributed by atoms with Gasteiger partial charge in [0.2, 0.25) is 17.4 Å². The number of rotatable bonds is 6. The molecule has 0 radical (unpaired) electrons. The van der Waals surface area contributed by atoms with Crippen molar-refractivity contribution in [2.45, 2.75) is 62.6 Å². The fourth-order valence-electron chi connectivity index (χ4n) is 4.17. The third-order valence-electron chi connectivity index (χ3n) is 5.71. The highest BCUT2D eigenvalue weighted by molar-refractivity contribution is 6.15. The molecule has 2 aliphatic rings. The highest BCUT2D eigenvalue weighted by atomic mass is 16.4. The van der Waals surface area contributed by atoms with E-state index in [2.05, 4.69) is 15.3 Å². The van der Waals surface area contributed by atoms with Gasteiger partial charge in [-0.05, 0) is 32.6 Å². The van der Waals surface area contributed by atoms with Gasteiger partial charge in [-0.3, -0.25) is 14.4 Å². The van der Waals surface area contributed by atoms with Gasteiger partial charge in [-0.15, -0.1) is 0 Å². The van der Waals surface area contributed by atoms with Gasteiger partial charge in [-0.1, -0.05) is 0 Å². The molecule has 3 unspecified atom stereocenters. The number of carboxylic acids is 1. The number of amides is 2. The number of nitrogens with two attached hydrogens (primary N) is 1. The number of nitrogens with one attached hydrogen (secondary N) is 2. The van der Waals surface area contributed by atoms with Gasteiger partial charge in [0.15, 0.2) is 5.78 Å². The van der Waals surface area contributed by atoms with E-state index in [0.717, 1.165) is 4.90 Å². The maximum absolute atomic E-state index is 13.4.